The second-order valence-corrected chi connectivity index (χ2v) is 6.97. The molecular formula is C20H27N3O3S. The monoisotopic (exact) mass is 389 g/mol. The number of thioether (sulfide) groups is 1. The molecule has 0 bridgehead atoms. The topological polar surface area (TPSA) is 64.6 Å². The van der Waals surface area contributed by atoms with Gasteiger partial charge in [-0.3, -0.25) is 4.79 Å². The van der Waals surface area contributed by atoms with Crippen LogP contribution in [0, 0.1) is 13.8 Å². The molecule has 1 aromatic carbocycles. The maximum absolute atomic E-state index is 12.4. The highest BCUT2D eigenvalue weighted by atomic mass is 32.2. The first-order valence-corrected chi connectivity index (χ1v) is 10.1. The molecule has 146 valence electrons. The van der Waals surface area contributed by atoms with Crippen LogP contribution in [0.15, 0.2) is 29.4 Å². The van der Waals surface area contributed by atoms with Crippen LogP contribution in [0.2, 0.25) is 0 Å². The molecule has 0 fully saturated rings. The van der Waals surface area contributed by atoms with Gasteiger partial charge >= 0.3 is 0 Å². The minimum atomic E-state index is 0.0843. The van der Waals surface area contributed by atoms with E-state index in [1.807, 2.05) is 44.4 Å². The van der Waals surface area contributed by atoms with Gasteiger partial charge in [0.15, 0.2) is 5.16 Å². The highest BCUT2D eigenvalue weighted by Gasteiger charge is 2.13. The lowest BCUT2D eigenvalue weighted by atomic mass is 10.1. The molecule has 0 radical (unpaired) electrons. The Morgan fingerprint density at radius 1 is 1.11 bits per heavy atom. The Morgan fingerprint density at radius 3 is 2.26 bits per heavy atom. The quantitative estimate of drug-likeness (QED) is 0.484. The minimum absolute atomic E-state index is 0.0843. The van der Waals surface area contributed by atoms with E-state index in [0.29, 0.717) is 26.0 Å². The standard InChI is InChI=1S/C20H27N3O3S/c1-14-18(15(2)22-20(21-14)27-5)10-11-19(24)23(3)12-13-26-17-8-6-16(25-4)7-9-17/h6-9H,10-13H2,1-5H3. The Bertz CT molecular complexity index is 743. The summed E-state index contributed by atoms with van der Waals surface area (Å²) in [7, 11) is 3.43. The number of likely N-dealkylation sites (N-methyl/N-ethyl adjacent to an activating group) is 1. The van der Waals surface area contributed by atoms with E-state index in [9.17, 15) is 4.79 Å². The molecule has 0 aliphatic rings. The van der Waals surface area contributed by atoms with Crippen molar-refractivity contribution in [1.29, 1.82) is 0 Å². The second-order valence-electron chi connectivity index (χ2n) is 6.20. The summed E-state index contributed by atoms with van der Waals surface area (Å²) < 4.78 is 10.8. The number of aromatic nitrogens is 2. The van der Waals surface area contributed by atoms with Crippen molar-refractivity contribution < 1.29 is 14.3 Å². The van der Waals surface area contributed by atoms with E-state index in [-0.39, 0.29) is 5.91 Å². The molecule has 1 amide bonds. The summed E-state index contributed by atoms with van der Waals surface area (Å²) in [6.45, 7) is 4.92. The Hall–Kier alpha value is -2.28. The van der Waals surface area contributed by atoms with Crippen molar-refractivity contribution in [3.63, 3.8) is 0 Å². The van der Waals surface area contributed by atoms with Crippen molar-refractivity contribution in [1.82, 2.24) is 14.9 Å². The number of ether oxygens (including phenoxy) is 2. The third kappa shape index (κ3) is 6.13. The zero-order valence-electron chi connectivity index (χ0n) is 16.6. The zero-order valence-corrected chi connectivity index (χ0v) is 17.4. The van der Waals surface area contributed by atoms with Crippen LogP contribution in [0.3, 0.4) is 0 Å². The van der Waals surface area contributed by atoms with Gasteiger partial charge in [0.05, 0.1) is 13.7 Å². The number of amides is 1. The van der Waals surface area contributed by atoms with E-state index >= 15 is 0 Å². The molecule has 0 saturated carbocycles. The number of hydrogen-bond donors (Lipinski definition) is 0. The van der Waals surface area contributed by atoms with Crippen LogP contribution >= 0.6 is 11.8 Å². The van der Waals surface area contributed by atoms with Crippen molar-refractivity contribution in [3.8, 4) is 11.5 Å². The lowest BCUT2D eigenvalue weighted by Gasteiger charge is -2.18. The summed E-state index contributed by atoms with van der Waals surface area (Å²) in [6.07, 6.45) is 3.04. The first kappa shape index (κ1) is 21.0. The second kappa shape index (κ2) is 10.2. The van der Waals surface area contributed by atoms with Crippen LogP contribution in [0.25, 0.3) is 0 Å². The van der Waals surface area contributed by atoms with Gasteiger partial charge in [0.1, 0.15) is 18.1 Å². The van der Waals surface area contributed by atoms with Gasteiger partial charge in [-0.25, -0.2) is 9.97 Å². The molecule has 0 atom stereocenters. The van der Waals surface area contributed by atoms with Gasteiger partial charge < -0.3 is 14.4 Å². The molecule has 0 aliphatic heterocycles. The third-order valence-electron chi connectivity index (χ3n) is 4.35. The van der Waals surface area contributed by atoms with Crippen molar-refractivity contribution in [2.75, 3.05) is 33.6 Å². The first-order valence-electron chi connectivity index (χ1n) is 8.83. The summed E-state index contributed by atoms with van der Waals surface area (Å²) >= 11 is 1.53. The van der Waals surface area contributed by atoms with E-state index < -0.39 is 0 Å². The summed E-state index contributed by atoms with van der Waals surface area (Å²) in [4.78, 5) is 23.0. The number of benzene rings is 1. The lowest BCUT2D eigenvalue weighted by molar-refractivity contribution is -0.130. The summed E-state index contributed by atoms with van der Waals surface area (Å²) in [5.74, 6) is 1.63. The molecule has 0 saturated heterocycles. The molecule has 2 rings (SSSR count). The molecule has 2 aromatic rings. The Morgan fingerprint density at radius 2 is 1.70 bits per heavy atom. The SMILES string of the molecule is COc1ccc(OCCN(C)C(=O)CCc2c(C)nc(SC)nc2C)cc1. The molecule has 1 heterocycles. The van der Waals surface area contributed by atoms with Crippen molar-refractivity contribution in [3.05, 3.63) is 41.2 Å². The number of methoxy groups -OCH3 is 1. The molecule has 7 heteroatoms. The summed E-state index contributed by atoms with van der Waals surface area (Å²) in [6, 6.07) is 7.40. The Kier molecular flexibility index (Phi) is 7.91. The van der Waals surface area contributed by atoms with Crippen LogP contribution in [0.1, 0.15) is 23.4 Å². The first-order chi connectivity index (χ1) is 12.9. The molecule has 0 aliphatic carbocycles. The normalized spacial score (nSPS) is 10.6. The highest BCUT2D eigenvalue weighted by Crippen LogP contribution is 2.18. The number of rotatable bonds is 9. The summed E-state index contributed by atoms with van der Waals surface area (Å²) in [5.41, 5.74) is 2.96. The van der Waals surface area contributed by atoms with Crippen LogP contribution in [0.4, 0.5) is 0 Å². The molecule has 27 heavy (non-hydrogen) atoms. The predicted octanol–water partition coefficient (Wildman–Crippen LogP) is 3.29. The maximum atomic E-state index is 12.4. The van der Waals surface area contributed by atoms with Crippen LogP contribution in [-0.4, -0.2) is 54.3 Å². The van der Waals surface area contributed by atoms with Gasteiger partial charge in [0.2, 0.25) is 5.91 Å². The van der Waals surface area contributed by atoms with E-state index in [4.69, 9.17) is 9.47 Å². The van der Waals surface area contributed by atoms with Gasteiger partial charge in [0.25, 0.3) is 0 Å². The van der Waals surface area contributed by atoms with Crippen LogP contribution in [-0.2, 0) is 11.2 Å². The van der Waals surface area contributed by atoms with Crippen LogP contribution in [0.5, 0.6) is 11.5 Å². The predicted molar refractivity (Wildman–Crippen MR) is 108 cm³/mol. The van der Waals surface area contributed by atoms with Gasteiger partial charge in [-0.1, -0.05) is 11.8 Å². The van der Waals surface area contributed by atoms with Crippen LogP contribution < -0.4 is 9.47 Å². The van der Waals surface area contributed by atoms with Crippen molar-refractivity contribution >= 4 is 17.7 Å². The lowest BCUT2D eigenvalue weighted by Crippen LogP contribution is -2.31. The summed E-state index contributed by atoms with van der Waals surface area (Å²) in [5, 5.41) is 0.771. The number of nitrogens with zero attached hydrogens (tertiary/aromatic N) is 3. The highest BCUT2D eigenvalue weighted by molar-refractivity contribution is 7.98. The molecule has 0 unspecified atom stereocenters. The van der Waals surface area contributed by atoms with E-state index in [0.717, 1.165) is 33.6 Å². The average molecular weight is 390 g/mol. The molecular weight excluding hydrogens is 362 g/mol. The van der Waals surface area contributed by atoms with Gasteiger partial charge in [0, 0.05) is 24.9 Å². The van der Waals surface area contributed by atoms with E-state index in [1.54, 1.807) is 19.1 Å². The largest absolute Gasteiger partial charge is 0.497 e. The fourth-order valence-corrected chi connectivity index (χ4v) is 3.14. The number of carbonyl (C=O) groups excluding carboxylic acids is 1. The zero-order chi connectivity index (χ0) is 19.8. The Labute approximate surface area is 165 Å². The average Bonchev–Trinajstić information content (AvgIpc) is 2.67. The molecule has 0 N–H and O–H groups in total. The fourth-order valence-electron chi connectivity index (χ4n) is 2.68. The van der Waals surface area contributed by atoms with Gasteiger partial charge in [-0.15, -0.1) is 0 Å². The van der Waals surface area contributed by atoms with Gasteiger partial charge in [-0.2, -0.15) is 0 Å². The molecule has 6 nitrogen and oxygen atoms in total. The minimum Gasteiger partial charge on any atom is -0.497 e. The van der Waals surface area contributed by atoms with E-state index in [1.165, 1.54) is 11.8 Å². The molecule has 0 spiro atoms. The van der Waals surface area contributed by atoms with Crippen molar-refractivity contribution in [2.45, 2.75) is 31.8 Å². The van der Waals surface area contributed by atoms with E-state index in [2.05, 4.69) is 9.97 Å². The number of carbonyl (C=O) groups is 1. The smallest absolute Gasteiger partial charge is 0.222 e. The number of hydrogen-bond acceptors (Lipinski definition) is 6. The number of aryl methyl sites for hydroxylation is 2. The fraction of sp³-hybridized carbons (Fsp3) is 0.450. The Balaban J connectivity index is 1.80. The van der Waals surface area contributed by atoms with Gasteiger partial charge in [-0.05, 0) is 56.4 Å². The molecule has 1 aromatic heterocycles. The van der Waals surface area contributed by atoms with Crippen molar-refractivity contribution in [2.24, 2.45) is 0 Å². The maximum Gasteiger partial charge on any atom is 0.222 e. The third-order valence-corrected chi connectivity index (χ3v) is 4.90.